The molecule has 0 unspecified atom stereocenters. The molecule has 0 amide bonds. The zero-order valence-electron chi connectivity index (χ0n) is 12.0. The topological polar surface area (TPSA) is 89.9 Å². The Kier molecular flexibility index (Phi) is 3.92. The third kappa shape index (κ3) is 2.73. The van der Waals surface area contributed by atoms with Crippen molar-refractivity contribution in [3.8, 4) is 0 Å². The molecule has 0 saturated heterocycles. The third-order valence-electron chi connectivity index (χ3n) is 2.96. The lowest BCUT2D eigenvalue weighted by molar-refractivity contribution is 0.0527. The molecule has 7 nitrogen and oxygen atoms in total. The molecule has 112 valence electrons. The maximum absolute atomic E-state index is 12.1. The Morgan fingerprint density at radius 3 is 3.00 bits per heavy atom. The van der Waals surface area contributed by atoms with Crippen LogP contribution >= 0.6 is 11.3 Å². The summed E-state index contributed by atoms with van der Waals surface area (Å²) in [6.07, 6.45) is 1.47. The van der Waals surface area contributed by atoms with Crippen LogP contribution in [0.4, 0.5) is 10.8 Å². The molecule has 0 atom stereocenters. The fraction of sp³-hybridized carbons (Fsp3) is 0.214. The lowest BCUT2D eigenvalue weighted by Gasteiger charge is -2.12. The average Bonchev–Trinajstić information content (AvgIpc) is 3.00. The first-order valence-electron chi connectivity index (χ1n) is 6.65. The zero-order valence-corrected chi connectivity index (χ0v) is 12.8. The van der Waals surface area contributed by atoms with E-state index in [9.17, 15) is 4.79 Å². The summed E-state index contributed by atoms with van der Waals surface area (Å²) < 4.78 is 5.09. The minimum atomic E-state index is -0.440. The molecule has 0 aliphatic heterocycles. The van der Waals surface area contributed by atoms with E-state index in [1.165, 1.54) is 17.5 Å². The first kappa shape index (κ1) is 14.3. The number of aromatic nitrogens is 4. The SMILES string of the molecule is CCOC(=O)c1cnc2nc(C)ccc2c1Nc1nncs1. The van der Waals surface area contributed by atoms with Gasteiger partial charge in [0.05, 0.1) is 12.3 Å². The van der Waals surface area contributed by atoms with Crippen molar-refractivity contribution in [2.75, 3.05) is 11.9 Å². The molecule has 3 aromatic heterocycles. The molecule has 0 aliphatic rings. The standard InChI is InChI=1S/C14H13N5O2S/c1-3-21-13(20)10-6-15-12-9(5-4-8(2)17-12)11(10)18-14-19-16-7-22-14/h4-7H,3H2,1-2H3,(H,15,17,18,19). The number of nitrogens with zero attached hydrogens (tertiary/aromatic N) is 4. The van der Waals surface area contributed by atoms with E-state index in [4.69, 9.17) is 4.74 Å². The molecule has 22 heavy (non-hydrogen) atoms. The molecule has 8 heteroatoms. The normalized spacial score (nSPS) is 10.6. The molecule has 0 fully saturated rings. The third-order valence-corrected chi connectivity index (χ3v) is 3.56. The van der Waals surface area contributed by atoms with Crippen LogP contribution in [0.5, 0.6) is 0 Å². The van der Waals surface area contributed by atoms with Gasteiger partial charge in [0.1, 0.15) is 11.1 Å². The minimum absolute atomic E-state index is 0.293. The minimum Gasteiger partial charge on any atom is -0.462 e. The largest absolute Gasteiger partial charge is 0.462 e. The van der Waals surface area contributed by atoms with Gasteiger partial charge >= 0.3 is 5.97 Å². The summed E-state index contributed by atoms with van der Waals surface area (Å²) in [5, 5.41) is 12.2. The number of hydrogen-bond donors (Lipinski definition) is 1. The molecule has 0 radical (unpaired) electrons. The summed E-state index contributed by atoms with van der Waals surface area (Å²) in [4.78, 5) is 20.8. The lowest BCUT2D eigenvalue weighted by atomic mass is 10.1. The second-order valence-electron chi connectivity index (χ2n) is 4.46. The Morgan fingerprint density at radius 1 is 1.41 bits per heavy atom. The molecule has 3 heterocycles. The van der Waals surface area contributed by atoms with E-state index in [1.54, 1.807) is 12.4 Å². The van der Waals surface area contributed by atoms with E-state index in [-0.39, 0.29) is 0 Å². The Balaban J connectivity index is 2.17. The average molecular weight is 315 g/mol. The molecular formula is C14H13N5O2S. The summed E-state index contributed by atoms with van der Waals surface area (Å²) in [5.74, 6) is -0.440. The van der Waals surface area contributed by atoms with Crippen LogP contribution in [0.15, 0.2) is 23.8 Å². The smallest absolute Gasteiger partial charge is 0.341 e. The van der Waals surface area contributed by atoms with E-state index >= 15 is 0 Å². The highest BCUT2D eigenvalue weighted by molar-refractivity contribution is 7.13. The Bertz CT molecular complexity index is 819. The number of rotatable bonds is 4. The predicted molar refractivity (Wildman–Crippen MR) is 83.4 cm³/mol. The fourth-order valence-corrected chi connectivity index (χ4v) is 2.45. The highest BCUT2D eigenvalue weighted by Crippen LogP contribution is 2.29. The highest BCUT2D eigenvalue weighted by Gasteiger charge is 2.18. The van der Waals surface area contributed by atoms with Crippen molar-refractivity contribution >= 4 is 39.2 Å². The van der Waals surface area contributed by atoms with Crippen LogP contribution < -0.4 is 5.32 Å². The van der Waals surface area contributed by atoms with Crippen molar-refractivity contribution in [1.82, 2.24) is 20.2 Å². The van der Waals surface area contributed by atoms with E-state index in [1.807, 2.05) is 19.1 Å². The molecule has 0 aliphatic carbocycles. The van der Waals surface area contributed by atoms with Crippen molar-refractivity contribution in [3.63, 3.8) is 0 Å². The maximum atomic E-state index is 12.1. The summed E-state index contributed by atoms with van der Waals surface area (Å²) in [5.41, 5.74) is 3.94. The number of nitrogens with one attached hydrogen (secondary N) is 1. The molecule has 0 bridgehead atoms. The van der Waals surface area contributed by atoms with Crippen LogP contribution in [-0.2, 0) is 4.74 Å². The van der Waals surface area contributed by atoms with E-state index in [0.717, 1.165) is 11.1 Å². The summed E-state index contributed by atoms with van der Waals surface area (Å²) in [7, 11) is 0. The van der Waals surface area contributed by atoms with Crippen molar-refractivity contribution < 1.29 is 9.53 Å². The van der Waals surface area contributed by atoms with Crippen molar-refractivity contribution in [3.05, 3.63) is 35.1 Å². The van der Waals surface area contributed by atoms with Gasteiger partial charge in [-0.1, -0.05) is 11.3 Å². The van der Waals surface area contributed by atoms with Crippen molar-refractivity contribution in [2.24, 2.45) is 0 Å². The van der Waals surface area contributed by atoms with E-state index < -0.39 is 5.97 Å². The Labute approximate surface area is 130 Å². The second kappa shape index (κ2) is 6.02. The quantitative estimate of drug-likeness (QED) is 0.740. The maximum Gasteiger partial charge on any atom is 0.341 e. The molecule has 1 N–H and O–H groups in total. The van der Waals surface area contributed by atoms with Crippen LogP contribution in [-0.4, -0.2) is 32.7 Å². The summed E-state index contributed by atoms with van der Waals surface area (Å²) in [6.45, 7) is 3.94. The van der Waals surface area contributed by atoms with Crippen molar-refractivity contribution in [1.29, 1.82) is 0 Å². The van der Waals surface area contributed by atoms with Gasteiger partial charge in [-0.05, 0) is 26.0 Å². The molecule has 0 saturated carbocycles. The first-order valence-corrected chi connectivity index (χ1v) is 7.53. The molecular weight excluding hydrogens is 302 g/mol. The van der Waals surface area contributed by atoms with E-state index in [2.05, 4.69) is 25.5 Å². The van der Waals surface area contributed by atoms with Gasteiger partial charge in [0, 0.05) is 17.3 Å². The number of pyridine rings is 2. The van der Waals surface area contributed by atoms with Crippen LogP contribution in [0, 0.1) is 6.92 Å². The van der Waals surface area contributed by atoms with E-state index in [0.29, 0.717) is 28.6 Å². The molecule has 0 spiro atoms. The van der Waals surface area contributed by atoms with Gasteiger partial charge in [0.25, 0.3) is 0 Å². The predicted octanol–water partition coefficient (Wildman–Crippen LogP) is 2.71. The molecule has 3 aromatic rings. The van der Waals surface area contributed by atoms with Gasteiger partial charge in [0.2, 0.25) is 5.13 Å². The van der Waals surface area contributed by atoms with Crippen molar-refractivity contribution in [2.45, 2.75) is 13.8 Å². The van der Waals surface area contributed by atoms with Crippen LogP contribution in [0.3, 0.4) is 0 Å². The highest BCUT2D eigenvalue weighted by atomic mass is 32.1. The number of carbonyl (C=O) groups is 1. The van der Waals surface area contributed by atoms with Gasteiger partial charge in [0.15, 0.2) is 5.65 Å². The summed E-state index contributed by atoms with van der Waals surface area (Å²) in [6, 6.07) is 3.74. The number of carbonyl (C=O) groups excluding carboxylic acids is 1. The number of anilines is 2. The fourth-order valence-electron chi connectivity index (χ4n) is 2.00. The Hall–Kier alpha value is -2.61. The second-order valence-corrected chi connectivity index (χ2v) is 5.29. The summed E-state index contributed by atoms with van der Waals surface area (Å²) >= 11 is 1.34. The van der Waals surface area contributed by atoms with Crippen LogP contribution in [0.1, 0.15) is 23.0 Å². The number of fused-ring (bicyclic) bond motifs is 1. The molecule has 3 rings (SSSR count). The number of aryl methyl sites for hydroxylation is 1. The van der Waals surface area contributed by atoms with Gasteiger partial charge < -0.3 is 10.1 Å². The number of ether oxygens (including phenoxy) is 1. The van der Waals surface area contributed by atoms with Crippen LogP contribution in [0.2, 0.25) is 0 Å². The van der Waals surface area contributed by atoms with Gasteiger partial charge in [-0.2, -0.15) is 0 Å². The number of hydrogen-bond acceptors (Lipinski definition) is 8. The Morgan fingerprint density at radius 2 is 2.27 bits per heavy atom. The molecule has 0 aromatic carbocycles. The first-order chi connectivity index (χ1) is 10.7. The lowest BCUT2D eigenvalue weighted by Crippen LogP contribution is -2.09. The monoisotopic (exact) mass is 315 g/mol. The van der Waals surface area contributed by atoms with Gasteiger partial charge in [-0.25, -0.2) is 14.8 Å². The van der Waals surface area contributed by atoms with Crippen LogP contribution in [0.25, 0.3) is 11.0 Å². The number of esters is 1. The van der Waals surface area contributed by atoms with Gasteiger partial charge in [-0.3, -0.25) is 0 Å². The zero-order chi connectivity index (χ0) is 15.5. The van der Waals surface area contributed by atoms with Gasteiger partial charge in [-0.15, -0.1) is 10.2 Å².